The Morgan fingerprint density at radius 1 is 1.67 bits per heavy atom. The van der Waals surface area contributed by atoms with Crippen LogP contribution in [0.4, 0.5) is 0 Å². The molecule has 0 aliphatic rings. The molecule has 0 aromatic heterocycles. The van der Waals surface area contributed by atoms with Gasteiger partial charge in [0.25, 0.3) is 0 Å². The third-order valence-corrected chi connectivity index (χ3v) is 1.34. The van der Waals surface area contributed by atoms with Gasteiger partial charge in [0, 0.05) is 6.61 Å². The maximum absolute atomic E-state index is 10.5. The van der Waals surface area contributed by atoms with Crippen molar-refractivity contribution >= 4 is 15.7 Å². The van der Waals surface area contributed by atoms with Crippen LogP contribution in [0.15, 0.2) is 0 Å². The lowest BCUT2D eigenvalue weighted by Gasteiger charge is -2.00. The zero-order valence-electron chi connectivity index (χ0n) is 5.85. The molecular weight excluding hydrogens is 136 g/mol. The van der Waals surface area contributed by atoms with Crippen molar-refractivity contribution in [2.45, 2.75) is 13.5 Å². The van der Waals surface area contributed by atoms with E-state index in [1.165, 1.54) is 0 Å². The summed E-state index contributed by atoms with van der Waals surface area (Å²) in [6.07, 6.45) is 0. The van der Waals surface area contributed by atoms with Gasteiger partial charge in [-0.2, -0.15) is 0 Å². The second-order valence-corrected chi connectivity index (χ2v) is 2.31. The van der Waals surface area contributed by atoms with Gasteiger partial charge in [-0.15, -0.1) is 0 Å². The number of hydrogen-bond acceptors (Lipinski definition) is 3. The fraction of sp³-hybridized carbons (Fsp3) is 0.800. The lowest BCUT2D eigenvalue weighted by molar-refractivity contribution is -0.139. The Morgan fingerprint density at radius 2 is 2.33 bits per heavy atom. The van der Waals surface area contributed by atoms with Gasteiger partial charge in [-0.3, -0.25) is 4.79 Å². The Balaban J connectivity index is 3.06. The molecule has 0 aromatic rings. The molecule has 0 rings (SSSR count). The first-order valence-corrected chi connectivity index (χ1v) is 5.03. The molecule has 0 heterocycles. The van der Waals surface area contributed by atoms with Gasteiger partial charge in [-0.1, -0.05) is 0 Å². The van der Waals surface area contributed by atoms with Crippen LogP contribution in [0.25, 0.3) is 0 Å². The molecule has 0 N–H and O–H groups in total. The van der Waals surface area contributed by atoms with E-state index in [-0.39, 0.29) is 12.6 Å². The first kappa shape index (κ1) is 8.65. The molecule has 4 heteroatoms. The molecule has 0 radical (unpaired) electrons. The smallest absolute Gasteiger partial charge is 0.318 e. The third kappa shape index (κ3) is 5.52. The van der Waals surface area contributed by atoms with Crippen molar-refractivity contribution in [3.8, 4) is 0 Å². The predicted octanol–water partition coefficient (Wildman–Crippen LogP) is -0.302. The standard InChI is InChI=1S/C5H12O3Si/c1-3-7-4-5(6)8-9-2/h3-4,9H2,1-2H3. The maximum atomic E-state index is 10.5. The minimum absolute atomic E-state index is 0.108. The van der Waals surface area contributed by atoms with Gasteiger partial charge < -0.3 is 9.16 Å². The average molecular weight is 148 g/mol. The lowest BCUT2D eigenvalue weighted by atomic mass is 10.7. The summed E-state index contributed by atoms with van der Waals surface area (Å²) in [6, 6.07) is 0. The van der Waals surface area contributed by atoms with Crippen LogP contribution >= 0.6 is 0 Å². The summed E-state index contributed by atoms with van der Waals surface area (Å²) >= 11 is 0. The largest absolute Gasteiger partial charge is 0.524 e. The van der Waals surface area contributed by atoms with Gasteiger partial charge >= 0.3 is 5.97 Å². The highest BCUT2D eigenvalue weighted by Crippen LogP contribution is 1.78. The van der Waals surface area contributed by atoms with Crippen molar-refractivity contribution in [3.63, 3.8) is 0 Å². The second kappa shape index (κ2) is 5.78. The quantitative estimate of drug-likeness (QED) is 0.513. The van der Waals surface area contributed by atoms with E-state index >= 15 is 0 Å². The first-order valence-electron chi connectivity index (χ1n) is 3.04. The maximum Gasteiger partial charge on any atom is 0.318 e. The van der Waals surface area contributed by atoms with Gasteiger partial charge in [0.2, 0.25) is 9.76 Å². The third-order valence-electron chi connectivity index (χ3n) is 0.729. The van der Waals surface area contributed by atoms with Gasteiger partial charge in [0.05, 0.1) is 0 Å². The van der Waals surface area contributed by atoms with Crippen molar-refractivity contribution in [1.82, 2.24) is 0 Å². The average Bonchev–Trinajstić information content (AvgIpc) is 1.85. The van der Waals surface area contributed by atoms with Crippen LogP contribution in [0, 0.1) is 0 Å². The normalized spacial score (nSPS) is 10.4. The Morgan fingerprint density at radius 3 is 2.78 bits per heavy atom. The molecule has 54 valence electrons. The molecule has 0 unspecified atom stereocenters. The van der Waals surface area contributed by atoms with Gasteiger partial charge in [-0.25, -0.2) is 0 Å². The molecule has 0 bridgehead atoms. The summed E-state index contributed by atoms with van der Waals surface area (Å²) in [5.41, 5.74) is 0. The van der Waals surface area contributed by atoms with E-state index in [0.29, 0.717) is 6.61 Å². The van der Waals surface area contributed by atoms with Crippen LogP contribution in [0.5, 0.6) is 0 Å². The molecule has 3 nitrogen and oxygen atoms in total. The van der Waals surface area contributed by atoms with E-state index in [9.17, 15) is 4.79 Å². The first-order chi connectivity index (χ1) is 4.31. The summed E-state index contributed by atoms with van der Waals surface area (Å²) in [5, 5.41) is 0. The Bertz CT molecular complexity index is 84.3. The number of rotatable bonds is 4. The van der Waals surface area contributed by atoms with Crippen LogP contribution in [-0.2, 0) is 14.0 Å². The molecule has 0 fully saturated rings. The Labute approximate surface area is 57.3 Å². The van der Waals surface area contributed by atoms with Crippen LogP contribution in [0.3, 0.4) is 0 Å². The summed E-state index contributed by atoms with van der Waals surface area (Å²) in [6.45, 7) is 4.43. The summed E-state index contributed by atoms with van der Waals surface area (Å²) in [4.78, 5) is 10.5. The second-order valence-electron chi connectivity index (χ2n) is 1.44. The fourth-order valence-electron chi connectivity index (χ4n) is 0.388. The highest BCUT2D eigenvalue weighted by atomic mass is 28.2. The Hall–Kier alpha value is -0.353. The summed E-state index contributed by atoms with van der Waals surface area (Å²) < 4.78 is 9.51. The molecule has 0 aromatic carbocycles. The fourth-order valence-corrected chi connectivity index (χ4v) is 0.793. The van der Waals surface area contributed by atoms with Crippen LogP contribution < -0.4 is 0 Å². The van der Waals surface area contributed by atoms with Gasteiger partial charge in [-0.05, 0) is 13.5 Å². The zero-order valence-corrected chi connectivity index (χ0v) is 7.26. The number of carbonyl (C=O) groups excluding carboxylic acids is 1. The van der Waals surface area contributed by atoms with E-state index in [2.05, 4.69) is 0 Å². The van der Waals surface area contributed by atoms with Crippen molar-refractivity contribution in [2.75, 3.05) is 13.2 Å². The molecule has 9 heavy (non-hydrogen) atoms. The Kier molecular flexibility index (Phi) is 5.55. The van der Waals surface area contributed by atoms with Crippen molar-refractivity contribution < 1.29 is 14.0 Å². The van der Waals surface area contributed by atoms with Crippen LogP contribution in [0.1, 0.15) is 6.92 Å². The highest BCUT2D eigenvalue weighted by molar-refractivity contribution is 6.28. The van der Waals surface area contributed by atoms with Crippen molar-refractivity contribution in [1.29, 1.82) is 0 Å². The van der Waals surface area contributed by atoms with Crippen molar-refractivity contribution in [3.05, 3.63) is 0 Å². The summed E-state index contributed by atoms with van der Waals surface area (Å²) in [7, 11) is -0.591. The highest BCUT2D eigenvalue weighted by Gasteiger charge is 1.97. The van der Waals surface area contributed by atoms with E-state index < -0.39 is 9.76 Å². The number of ether oxygens (including phenoxy) is 1. The van der Waals surface area contributed by atoms with E-state index in [0.717, 1.165) is 0 Å². The lowest BCUT2D eigenvalue weighted by Crippen LogP contribution is -2.13. The molecule has 0 aliphatic heterocycles. The minimum Gasteiger partial charge on any atom is -0.524 e. The molecule has 0 saturated carbocycles. The molecule has 0 aliphatic carbocycles. The van der Waals surface area contributed by atoms with Crippen LogP contribution in [0.2, 0.25) is 6.55 Å². The molecule has 0 amide bonds. The van der Waals surface area contributed by atoms with E-state index in [1.54, 1.807) is 0 Å². The molecule has 0 atom stereocenters. The molecular formula is C5H12O3Si. The summed E-state index contributed by atoms with van der Waals surface area (Å²) in [5.74, 6) is -0.231. The van der Waals surface area contributed by atoms with Crippen molar-refractivity contribution in [2.24, 2.45) is 0 Å². The van der Waals surface area contributed by atoms with Crippen LogP contribution in [-0.4, -0.2) is 28.9 Å². The SMILES string of the molecule is CCOCC(=O)O[SiH2]C. The van der Waals surface area contributed by atoms with Gasteiger partial charge in [0.15, 0.2) is 0 Å². The molecule has 0 saturated heterocycles. The van der Waals surface area contributed by atoms with E-state index in [4.69, 9.17) is 9.16 Å². The number of carbonyl (C=O) groups is 1. The molecule has 0 spiro atoms. The monoisotopic (exact) mass is 148 g/mol. The predicted molar refractivity (Wildman–Crippen MR) is 37.0 cm³/mol. The number of hydrogen-bond donors (Lipinski definition) is 0. The minimum atomic E-state index is -0.591. The zero-order chi connectivity index (χ0) is 7.11. The van der Waals surface area contributed by atoms with Gasteiger partial charge in [0.1, 0.15) is 6.61 Å². The van der Waals surface area contributed by atoms with E-state index in [1.807, 2.05) is 13.5 Å². The topological polar surface area (TPSA) is 35.5 Å².